The van der Waals surface area contributed by atoms with Crippen LogP contribution in [0.3, 0.4) is 0 Å². The van der Waals surface area contributed by atoms with Gasteiger partial charge in [-0.2, -0.15) is 0 Å². The minimum Gasteiger partial charge on any atom is -0.444 e. The fourth-order valence-corrected chi connectivity index (χ4v) is 4.49. The molecule has 0 aromatic heterocycles. The van der Waals surface area contributed by atoms with Gasteiger partial charge >= 0.3 is 6.09 Å². The van der Waals surface area contributed by atoms with Crippen molar-refractivity contribution < 1.29 is 24.0 Å². The number of nitrogens with zero attached hydrogens (tertiary/aromatic N) is 1. The lowest BCUT2D eigenvalue weighted by molar-refractivity contribution is -0.120. The Hall–Kier alpha value is -2.75. The Morgan fingerprint density at radius 3 is 2.54 bits per heavy atom. The number of hydrogen-bond acceptors (Lipinski definition) is 6. The first-order valence-corrected chi connectivity index (χ1v) is 12.7. The SMILES string of the molecule is CCCONC(=O)c1ccc2c(c1)N(Cc1ccc(Cl)cc1)C(=O)[C@@H](NC(=O)OC(C)(C)C)CS2. The lowest BCUT2D eigenvalue weighted by atomic mass is 10.1. The minimum atomic E-state index is -0.820. The van der Waals surface area contributed by atoms with E-state index in [1.54, 1.807) is 56.0 Å². The van der Waals surface area contributed by atoms with Crippen molar-refractivity contribution in [2.75, 3.05) is 17.3 Å². The summed E-state index contributed by atoms with van der Waals surface area (Å²) in [7, 11) is 0. The average molecular weight is 520 g/mol. The zero-order chi connectivity index (χ0) is 25.6. The molecule has 0 aliphatic carbocycles. The van der Waals surface area contributed by atoms with Crippen molar-refractivity contribution in [3.05, 3.63) is 58.6 Å². The van der Waals surface area contributed by atoms with Crippen LogP contribution in [0, 0.1) is 0 Å². The maximum atomic E-state index is 13.7. The van der Waals surface area contributed by atoms with E-state index in [4.69, 9.17) is 21.2 Å². The molecule has 8 nitrogen and oxygen atoms in total. The fourth-order valence-electron chi connectivity index (χ4n) is 3.31. The summed E-state index contributed by atoms with van der Waals surface area (Å²) in [5, 5.41) is 3.29. The molecule has 188 valence electrons. The van der Waals surface area contributed by atoms with Crippen molar-refractivity contribution in [3.8, 4) is 0 Å². The number of hydroxylamine groups is 1. The summed E-state index contributed by atoms with van der Waals surface area (Å²) in [5.41, 5.74) is 3.50. The van der Waals surface area contributed by atoms with Crippen LogP contribution < -0.4 is 15.7 Å². The van der Waals surface area contributed by atoms with Gasteiger partial charge in [-0.15, -0.1) is 11.8 Å². The number of alkyl carbamates (subject to hydrolysis) is 1. The van der Waals surface area contributed by atoms with Gasteiger partial charge in [0.25, 0.3) is 11.8 Å². The van der Waals surface area contributed by atoms with Gasteiger partial charge in [-0.25, -0.2) is 10.3 Å². The summed E-state index contributed by atoms with van der Waals surface area (Å²) in [5.74, 6) is -0.400. The van der Waals surface area contributed by atoms with Crippen LogP contribution in [0.1, 0.15) is 50.0 Å². The Balaban J connectivity index is 1.92. The second-order valence-electron chi connectivity index (χ2n) is 9.02. The zero-order valence-corrected chi connectivity index (χ0v) is 21.8. The highest BCUT2D eigenvalue weighted by atomic mass is 35.5. The number of thioether (sulfide) groups is 1. The summed E-state index contributed by atoms with van der Waals surface area (Å²) >= 11 is 7.45. The molecule has 0 unspecified atom stereocenters. The third kappa shape index (κ3) is 7.62. The van der Waals surface area contributed by atoms with Crippen molar-refractivity contribution in [2.24, 2.45) is 0 Å². The van der Waals surface area contributed by atoms with Crippen LogP contribution in [0.25, 0.3) is 0 Å². The molecule has 2 N–H and O–H groups in total. The molecule has 2 aromatic rings. The van der Waals surface area contributed by atoms with E-state index in [1.807, 2.05) is 19.1 Å². The maximum Gasteiger partial charge on any atom is 0.408 e. The summed E-state index contributed by atoms with van der Waals surface area (Å²) in [4.78, 5) is 46.2. The molecule has 35 heavy (non-hydrogen) atoms. The minimum absolute atomic E-state index is 0.230. The average Bonchev–Trinajstić information content (AvgIpc) is 2.91. The van der Waals surface area contributed by atoms with E-state index in [1.165, 1.54) is 11.8 Å². The van der Waals surface area contributed by atoms with Gasteiger partial charge < -0.3 is 15.0 Å². The second kappa shape index (κ2) is 11.8. The van der Waals surface area contributed by atoms with E-state index in [0.29, 0.717) is 28.6 Å². The number of benzene rings is 2. The van der Waals surface area contributed by atoms with Crippen LogP contribution in [-0.2, 0) is 20.9 Å². The fraction of sp³-hybridized carbons (Fsp3) is 0.400. The van der Waals surface area contributed by atoms with Gasteiger partial charge in [0.05, 0.1) is 18.8 Å². The van der Waals surface area contributed by atoms with E-state index in [-0.39, 0.29) is 12.5 Å². The zero-order valence-electron chi connectivity index (χ0n) is 20.2. The van der Waals surface area contributed by atoms with Crippen molar-refractivity contribution in [1.29, 1.82) is 0 Å². The molecule has 2 aromatic carbocycles. The number of hydrogen-bond donors (Lipinski definition) is 2. The molecule has 3 rings (SSSR count). The van der Waals surface area contributed by atoms with Crippen LogP contribution in [-0.4, -0.2) is 41.9 Å². The molecule has 0 saturated carbocycles. The Bertz CT molecular complexity index is 1070. The normalized spacial score (nSPS) is 15.7. The second-order valence-corrected chi connectivity index (χ2v) is 10.5. The molecular formula is C25H30ClN3O5S. The largest absolute Gasteiger partial charge is 0.444 e. The number of anilines is 1. The highest BCUT2D eigenvalue weighted by Crippen LogP contribution is 2.36. The van der Waals surface area contributed by atoms with Gasteiger partial charge in [-0.05, 0) is 63.1 Å². The number of rotatable bonds is 7. The highest BCUT2D eigenvalue weighted by Gasteiger charge is 2.33. The number of amides is 3. The van der Waals surface area contributed by atoms with E-state index in [9.17, 15) is 14.4 Å². The lowest BCUT2D eigenvalue weighted by Gasteiger charge is -2.27. The van der Waals surface area contributed by atoms with Gasteiger partial charge in [-0.3, -0.25) is 14.4 Å². The standard InChI is InChI=1S/C25H30ClN3O5S/c1-5-12-33-28-22(30)17-8-11-21-20(13-17)29(14-16-6-9-18(26)10-7-16)23(31)19(15-35-21)27-24(32)34-25(2,3)4/h6-11,13,19H,5,12,14-15H2,1-4H3,(H,27,32)(H,28,30)/t19-/m0/s1. The first kappa shape index (κ1) is 26.8. The maximum absolute atomic E-state index is 13.7. The molecule has 0 spiro atoms. The summed E-state index contributed by atoms with van der Waals surface area (Å²) in [6.45, 7) is 7.84. The quantitative estimate of drug-likeness (QED) is 0.397. The molecule has 0 saturated heterocycles. The molecule has 3 amide bonds. The van der Waals surface area contributed by atoms with Crippen LogP contribution in [0.2, 0.25) is 5.02 Å². The molecule has 0 fully saturated rings. The Morgan fingerprint density at radius 2 is 1.89 bits per heavy atom. The number of carbonyl (C=O) groups excluding carboxylic acids is 3. The number of nitrogens with one attached hydrogen (secondary N) is 2. The predicted octanol–water partition coefficient (Wildman–Crippen LogP) is 4.94. The molecule has 1 atom stereocenters. The van der Waals surface area contributed by atoms with Crippen LogP contribution >= 0.6 is 23.4 Å². The van der Waals surface area contributed by atoms with Crippen LogP contribution in [0.4, 0.5) is 10.5 Å². The first-order chi connectivity index (χ1) is 16.6. The van der Waals surface area contributed by atoms with Crippen molar-refractivity contribution >= 4 is 47.0 Å². The van der Waals surface area contributed by atoms with Crippen molar-refractivity contribution in [1.82, 2.24) is 10.8 Å². The van der Waals surface area contributed by atoms with Gasteiger partial charge in [0.2, 0.25) is 0 Å². The Morgan fingerprint density at radius 1 is 1.17 bits per heavy atom. The Labute approximate surface area is 214 Å². The third-order valence-electron chi connectivity index (χ3n) is 4.90. The Kier molecular flexibility index (Phi) is 9.04. The predicted molar refractivity (Wildman–Crippen MR) is 137 cm³/mol. The summed E-state index contributed by atoms with van der Waals surface area (Å²) in [6.07, 6.45) is 0.0956. The first-order valence-electron chi connectivity index (χ1n) is 11.3. The molecule has 0 bridgehead atoms. The van der Waals surface area contributed by atoms with Crippen molar-refractivity contribution in [3.63, 3.8) is 0 Å². The van der Waals surface area contributed by atoms with Crippen molar-refractivity contribution in [2.45, 2.75) is 57.2 Å². The van der Waals surface area contributed by atoms with E-state index < -0.39 is 23.6 Å². The van der Waals surface area contributed by atoms with E-state index >= 15 is 0 Å². The molecule has 10 heteroatoms. The van der Waals surface area contributed by atoms with Gasteiger partial charge in [0.15, 0.2) is 0 Å². The van der Waals surface area contributed by atoms with Gasteiger partial charge in [0, 0.05) is 21.2 Å². The molecule has 1 aliphatic rings. The molecule has 0 radical (unpaired) electrons. The van der Waals surface area contributed by atoms with E-state index in [2.05, 4.69) is 10.8 Å². The number of ether oxygens (including phenoxy) is 1. The smallest absolute Gasteiger partial charge is 0.408 e. The summed E-state index contributed by atoms with van der Waals surface area (Å²) in [6, 6.07) is 11.5. The topological polar surface area (TPSA) is 97.0 Å². The highest BCUT2D eigenvalue weighted by molar-refractivity contribution is 7.99. The lowest BCUT2D eigenvalue weighted by Crippen LogP contribution is -2.50. The van der Waals surface area contributed by atoms with Crippen LogP contribution in [0.15, 0.2) is 47.4 Å². The number of carbonyl (C=O) groups is 3. The number of fused-ring (bicyclic) bond motifs is 1. The van der Waals surface area contributed by atoms with Gasteiger partial charge in [0.1, 0.15) is 11.6 Å². The van der Waals surface area contributed by atoms with Crippen LogP contribution in [0.5, 0.6) is 0 Å². The number of halogens is 1. The molecule has 1 heterocycles. The third-order valence-corrected chi connectivity index (χ3v) is 6.31. The molecular weight excluding hydrogens is 490 g/mol. The van der Waals surface area contributed by atoms with Gasteiger partial charge in [-0.1, -0.05) is 30.7 Å². The summed E-state index contributed by atoms with van der Waals surface area (Å²) < 4.78 is 5.36. The monoisotopic (exact) mass is 519 g/mol. The van der Waals surface area contributed by atoms with E-state index in [0.717, 1.165) is 16.9 Å². The molecule has 1 aliphatic heterocycles.